The van der Waals surface area contributed by atoms with Crippen LogP contribution in [0.5, 0.6) is 5.75 Å². The average Bonchev–Trinajstić information content (AvgIpc) is 3.09. The summed E-state index contributed by atoms with van der Waals surface area (Å²) in [5.41, 5.74) is 2.16. The van der Waals surface area contributed by atoms with Crippen molar-refractivity contribution in [3.63, 3.8) is 0 Å². The minimum absolute atomic E-state index is 0.395. The van der Waals surface area contributed by atoms with E-state index in [4.69, 9.17) is 21.4 Å². The van der Waals surface area contributed by atoms with Crippen molar-refractivity contribution in [3.05, 3.63) is 59.4 Å². The van der Waals surface area contributed by atoms with Gasteiger partial charge >= 0.3 is 0 Å². The molecule has 4 rings (SSSR count). The van der Waals surface area contributed by atoms with Crippen LogP contribution in [0.25, 0.3) is 11.5 Å². The first-order valence-corrected chi connectivity index (χ1v) is 9.38. The lowest BCUT2D eigenvalue weighted by Gasteiger charge is -2.35. The van der Waals surface area contributed by atoms with Gasteiger partial charge in [0.2, 0.25) is 5.89 Å². The van der Waals surface area contributed by atoms with E-state index in [1.54, 1.807) is 11.8 Å². The molecule has 1 aliphatic heterocycles. The van der Waals surface area contributed by atoms with Gasteiger partial charge in [0.1, 0.15) is 5.75 Å². The normalized spacial score (nSPS) is 15.1. The zero-order valence-corrected chi connectivity index (χ0v) is 16.1. The second kappa shape index (κ2) is 7.94. The maximum absolute atomic E-state index is 5.69. The maximum Gasteiger partial charge on any atom is 0.288 e. The van der Waals surface area contributed by atoms with Gasteiger partial charge in [-0.3, -0.25) is 4.90 Å². The number of aromatic nitrogens is 2. The fourth-order valence-corrected chi connectivity index (χ4v) is 3.40. The number of para-hydroxylation sites is 1. The molecule has 2 heterocycles. The number of methoxy groups -OCH3 is 1. The lowest BCUT2D eigenvalue weighted by Crippen LogP contribution is -2.46. The maximum atomic E-state index is 5.69. The van der Waals surface area contributed by atoms with Crippen molar-refractivity contribution in [1.29, 1.82) is 0 Å². The third-order valence-corrected chi connectivity index (χ3v) is 5.06. The van der Waals surface area contributed by atoms with Crippen LogP contribution in [0.3, 0.4) is 0 Å². The van der Waals surface area contributed by atoms with Gasteiger partial charge in [-0.1, -0.05) is 18.2 Å². The Morgan fingerprint density at radius 3 is 2.37 bits per heavy atom. The van der Waals surface area contributed by atoms with Gasteiger partial charge in [0.15, 0.2) is 0 Å². The molecule has 3 aromatic rings. The fourth-order valence-electron chi connectivity index (χ4n) is 3.22. The predicted molar refractivity (Wildman–Crippen MR) is 108 cm³/mol. The molecule has 0 spiro atoms. The third kappa shape index (κ3) is 4.04. The number of hydrogen-bond acceptors (Lipinski definition) is 6. The summed E-state index contributed by atoms with van der Waals surface area (Å²) in [6, 6.07) is 18.1. The van der Waals surface area contributed by atoms with E-state index in [-0.39, 0.29) is 0 Å². The van der Waals surface area contributed by atoms with E-state index in [1.807, 2.05) is 30.3 Å². The van der Waals surface area contributed by atoms with Crippen molar-refractivity contribution >= 4 is 17.9 Å². The van der Waals surface area contributed by atoms with Crippen LogP contribution >= 0.6 is 12.2 Å². The van der Waals surface area contributed by atoms with Crippen LogP contribution in [0.4, 0.5) is 5.69 Å². The van der Waals surface area contributed by atoms with E-state index in [9.17, 15) is 0 Å². The number of hydrogen-bond donors (Lipinski definition) is 0. The summed E-state index contributed by atoms with van der Waals surface area (Å²) in [6.07, 6.45) is 0. The number of piperazine rings is 1. The molecule has 0 unspecified atom stereocenters. The van der Waals surface area contributed by atoms with Gasteiger partial charge in [0.25, 0.3) is 4.84 Å². The van der Waals surface area contributed by atoms with Crippen LogP contribution in [0.15, 0.2) is 59.0 Å². The quantitative estimate of drug-likeness (QED) is 0.628. The summed E-state index contributed by atoms with van der Waals surface area (Å²) in [5, 5.41) is 4.56. The lowest BCUT2D eigenvalue weighted by atomic mass is 10.2. The number of anilines is 1. The molecule has 0 radical (unpaired) electrons. The standard InChI is InChI=1S/C20H22N4O2S/c1-25-18-9-7-16(8-10-18)19-21-24(20(27)26-19)15-22-11-13-23(14-12-22)17-5-3-2-4-6-17/h2-10H,11-15H2,1H3. The molecule has 6 nitrogen and oxygen atoms in total. The Labute approximate surface area is 163 Å². The molecule has 0 atom stereocenters. The number of benzene rings is 2. The molecular weight excluding hydrogens is 360 g/mol. The Morgan fingerprint density at radius 1 is 1.00 bits per heavy atom. The molecule has 140 valence electrons. The Balaban J connectivity index is 1.40. The van der Waals surface area contributed by atoms with Gasteiger partial charge in [0.05, 0.1) is 13.8 Å². The first kappa shape index (κ1) is 17.8. The zero-order valence-electron chi connectivity index (χ0n) is 15.2. The topological polar surface area (TPSA) is 46.7 Å². The van der Waals surface area contributed by atoms with Crippen molar-refractivity contribution in [2.75, 3.05) is 38.2 Å². The van der Waals surface area contributed by atoms with Crippen LogP contribution in [0.1, 0.15) is 0 Å². The summed E-state index contributed by atoms with van der Waals surface area (Å²) in [6.45, 7) is 4.53. The van der Waals surface area contributed by atoms with E-state index >= 15 is 0 Å². The van der Waals surface area contributed by atoms with Gasteiger partial charge < -0.3 is 14.1 Å². The number of nitrogens with zero attached hydrogens (tertiary/aromatic N) is 4. The van der Waals surface area contributed by atoms with Crippen molar-refractivity contribution in [1.82, 2.24) is 14.7 Å². The largest absolute Gasteiger partial charge is 0.497 e. The van der Waals surface area contributed by atoms with E-state index < -0.39 is 0 Å². The Kier molecular flexibility index (Phi) is 5.22. The molecule has 7 heteroatoms. The summed E-state index contributed by atoms with van der Waals surface area (Å²) >= 11 is 5.36. The highest BCUT2D eigenvalue weighted by Crippen LogP contribution is 2.22. The summed E-state index contributed by atoms with van der Waals surface area (Å²) < 4.78 is 12.6. The molecule has 1 aromatic heterocycles. The van der Waals surface area contributed by atoms with Gasteiger partial charge in [0, 0.05) is 37.4 Å². The van der Waals surface area contributed by atoms with Crippen LogP contribution in [-0.4, -0.2) is 48.0 Å². The molecule has 0 aliphatic carbocycles. The monoisotopic (exact) mass is 382 g/mol. The van der Waals surface area contributed by atoms with E-state index in [0.29, 0.717) is 17.4 Å². The fraction of sp³-hybridized carbons (Fsp3) is 0.300. The van der Waals surface area contributed by atoms with Crippen molar-refractivity contribution in [2.45, 2.75) is 6.67 Å². The van der Waals surface area contributed by atoms with E-state index in [0.717, 1.165) is 37.5 Å². The number of rotatable bonds is 5. The predicted octanol–water partition coefficient (Wildman–Crippen LogP) is 3.66. The molecule has 27 heavy (non-hydrogen) atoms. The molecular formula is C20H22N4O2S. The highest BCUT2D eigenvalue weighted by Gasteiger charge is 2.18. The molecule has 0 amide bonds. The minimum atomic E-state index is 0.395. The van der Waals surface area contributed by atoms with Gasteiger partial charge in [-0.15, -0.1) is 5.10 Å². The first-order chi connectivity index (χ1) is 13.2. The van der Waals surface area contributed by atoms with Crippen LogP contribution < -0.4 is 9.64 Å². The molecule has 0 N–H and O–H groups in total. The molecule has 0 bridgehead atoms. The smallest absolute Gasteiger partial charge is 0.288 e. The summed E-state index contributed by atoms with van der Waals surface area (Å²) in [7, 11) is 1.65. The molecule has 1 aliphatic rings. The van der Waals surface area contributed by atoms with Crippen molar-refractivity contribution < 1.29 is 9.15 Å². The molecule has 0 saturated carbocycles. The SMILES string of the molecule is COc1ccc(-c2nn(CN3CCN(c4ccccc4)CC3)c(=S)o2)cc1. The van der Waals surface area contributed by atoms with Crippen molar-refractivity contribution in [2.24, 2.45) is 0 Å². The van der Waals surface area contributed by atoms with Crippen LogP contribution in [-0.2, 0) is 6.67 Å². The molecule has 1 fully saturated rings. The Hall–Kier alpha value is -2.64. The van der Waals surface area contributed by atoms with E-state index in [2.05, 4.69) is 39.2 Å². The van der Waals surface area contributed by atoms with Gasteiger partial charge in [-0.25, -0.2) is 4.68 Å². The third-order valence-electron chi connectivity index (χ3n) is 4.77. The second-order valence-corrected chi connectivity index (χ2v) is 6.83. The highest BCUT2D eigenvalue weighted by atomic mass is 32.1. The zero-order chi connectivity index (χ0) is 18.6. The minimum Gasteiger partial charge on any atom is -0.497 e. The van der Waals surface area contributed by atoms with Crippen LogP contribution in [0.2, 0.25) is 0 Å². The van der Waals surface area contributed by atoms with Gasteiger partial charge in [-0.05, 0) is 48.6 Å². The molecule has 1 saturated heterocycles. The molecule has 2 aromatic carbocycles. The Morgan fingerprint density at radius 2 is 1.70 bits per heavy atom. The van der Waals surface area contributed by atoms with Crippen LogP contribution in [0, 0.1) is 4.84 Å². The van der Waals surface area contributed by atoms with Crippen molar-refractivity contribution in [3.8, 4) is 17.2 Å². The highest BCUT2D eigenvalue weighted by molar-refractivity contribution is 7.71. The second-order valence-electron chi connectivity index (χ2n) is 6.48. The summed E-state index contributed by atoms with van der Waals surface area (Å²) in [5.74, 6) is 1.33. The number of ether oxygens (including phenoxy) is 1. The van der Waals surface area contributed by atoms with Gasteiger partial charge in [-0.2, -0.15) is 0 Å². The Bertz CT molecular complexity index is 929. The lowest BCUT2D eigenvalue weighted by molar-refractivity contribution is 0.192. The first-order valence-electron chi connectivity index (χ1n) is 8.97. The summed E-state index contributed by atoms with van der Waals surface area (Å²) in [4.78, 5) is 5.14. The van der Waals surface area contributed by atoms with E-state index in [1.165, 1.54) is 5.69 Å². The average molecular weight is 382 g/mol.